The van der Waals surface area contributed by atoms with E-state index in [9.17, 15) is 14.4 Å². The van der Waals surface area contributed by atoms with Crippen molar-refractivity contribution in [3.05, 3.63) is 28.2 Å². The second kappa shape index (κ2) is 6.80. The summed E-state index contributed by atoms with van der Waals surface area (Å²) in [6, 6.07) is 5.46. The Morgan fingerprint density at radius 1 is 1.38 bits per heavy atom. The monoisotopic (exact) mass is 396 g/mol. The standard InChI is InChI=1S/C16H17BrN2O5/c1-23-13-4-2-10(6-12(13)17)3-5-14(20)18-7-11(8-18)19-15(21)9-24-16(19)22/h2,4,6,11H,3,5,7-9H2,1H3. The van der Waals surface area contributed by atoms with Crippen LogP contribution in [0.25, 0.3) is 0 Å². The van der Waals surface area contributed by atoms with Crippen molar-refractivity contribution in [2.75, 3.05) is 26.8 Å². The van der Waals surface area contributed by atoms with Gasteiger partial charge in [0.2, 0.25) is 5.91 Å². The first-order valence-corrected chi connectivity index (χ1v) is 8.38. The second-order valence-electron chi connectivity index (χ2n) is 5.74. The molecule has 2 heterocycles. The van der Waals surface area contributed by atoms with Gasteiger partial charge in [-0.05, 0) is 40.0 Å². The third-order valence-electron chi connectivity index (χ3n) is 4.21. The van der Waals surface area contributed by atoms with E-state index in [1.54, 1.807) is 12.0 Å². The summed E-state index contributed by atoms with van der Waals surface area (Å²) in [6.07, 6.45) is 0.386. The molecule has 3 rings (SSSR count). The summed E-state index contributed by atoms with van der Waals surface area (Å²) < 4.78 is 10.7. The Kier molecular flexibility index (Phi) is 4.75. The molecule has 2 fully saturated rings. The van der Waals surface area contributed by atoms with Gasteiger partial charge in [-0.25, -0.2) is 9.69 Å². The smallest absolute Gasteiger partial charge is 0.417 e. The number of hydrogen-bond acceptors (Lipinski definition) is 5. The number of rotatable bonds is 5. The predicted octanol–water partition coefficient (Wildman–Crippen LogP) is 1.58. The number of benzene rings is 1. The molecule has 2 aliphatic heterocycles. The third kappa shape index (κ3) is 3.24. The fraction of sp³-hybridized carbons (Fsp3) is 0.438. The van der Waals surface area contributed by atoms with E-state index in [4.69, 9.17) is 4.74 Å². The molecule has 3 amide bonds. The molecule has 0 spiro atoms. The lowest BCUT2D eigenvalue weighted by atomic mass is 10.0. The zero-order chi connectivity index (χ0) is 17.3. The Morgan fingerprint density at radius 2 is 2.12 bits per heavy atom. The number of cyclic esters (lactones) is 1. The van der Waals surface area contributed by atoms with Crippen molar-refractivity contribution in [1.82, 2.24) is 9.80 Å². The molecular weight excluding hydrogens is 380 g/mol. The van der Waals surface area contributed by atoms with Crippen LogP contribution in [0.5, 0.6) is 5.75 Å². The van der Waals surface area contributed by atoms with Gasteiger partial charge in [-0.1, -0.05) is 6.07 Å². The van der Waals surface area contributed by atoms with Gasteiger partial charge in [0, 0.05) is 19.5 Å². The SMILES string of the molecule is COc1ccc(CCC(=O)N2CC(N3C(=O)COC3=O)C2)cc1Br. The fourth-order valence-corrected chi connectivity index (χ4v) is 3.40. The molecule has 128 valence electrons. The molecule has 7 nitrogen and oxygen atoms in total. The van der Waals surface area contributed by atoms with Crippen molar-refractivity contribution in [3.63, 3.8) is 0 Å². The molecule has 0 atom stereocenters. The van der Waals surface area contributed by atoms with Gasteiger partial charge >= 0.3 is 6.09 Å². The van der Waals surface area contributed by atoms with Crippen LogP contribution < -0.4 is 4.74 Å². The Morgan fingerprint density at radius 3 is 2.71 bits per heavy atom. The Hall–Kier alpha value is -2.09. The zero-order valence-electron chi connectivity index (χ0n) is 13.2. The number of methoxy groups -OCH3 is 1. The maximum atomic E-state index is 12.2. The molecule has 0 bridgehead atoms. The van der Waals surface area contributed by atoms with Gasteiger partial charge in [0.1, 0.15) is 5.75 Å². The van der Waals surface area contributed by atoms with E-state index in [1.165, 1.54) is 0 Å². The number of hydrogen-bond donors (Lipinski definition) is 0. The van der Waals surface area contributed by atoms with Crippen LogP contribution in [0, 0.1) is 0 Å². The molecule has 2 aliphatic rings. The van der Waals surface area contributed by atoms with Crippen LogP contribution in [0.15, 0.2) is 22.7 Å². The molecule has 24 heavy (non-hydrogen) atoms. The lowest BCUT2D eigenvalue weighted by Gasteiger charge is -2.42. The largest absolute Gasteiger partial charge is 0.496 e. The molecule has 0 radical (unpaired) electrons. The molecule has 0 aliphatic carbocycles. The molecule has 0 saturated carbocycles. The van der Waals surface area contributed by atoms with Crippen LogP contribution in [0.3, 0.4) is 0 Å². The quantitative estimate of drug-likeness (QED) is 0.754. The summed E-state index contributed by atoms with van der Waals surface area (Å²) in [4.78, 5) is 38.0. The number of amides is 3. The third-order valence-corrected chi connectivity index (χ3v) is 4.83. The van der Waals surface area contributed by atoms with Crippen LogP contribution in [0.2, 0.25) is 0 Å². The molecule has 0 unspecified atom stereocenters. The van der Waals surface area contributed by atoms with Crippen molar-refractivity contribution >= 4 is 33.8 Å². The topological polar surface area (TPSA) is 76.2 Å². The second-order valence-corrected chi connectivity index (χ2v) is 6.59. The number of ether oxygens (including phenoxy) is 2. The average Bonchev–Trinajstić information content (AvgIpc) is 2.84. The number of aryl methyl sites for hydroxylation is 1. The highest BCUT2D eigenvalue weighted by Crippen LogP contribution is 2.26. The van der Waals surface area contributed by atoms with Crippen molar-refractivity contribution in [1.29, 1.82) is 0 Å². The number of imide groups is 1. The van der Waals surface area contributed by atoms with Gasteiger partial charge in [0.15, 0.2) is 6.61 Å². The maximum absolute atomic E-state index is 12.2. The summed E-state index contributed by atoms with van der Waals surface area (Å²) in [6.45, 7) is 0.563. The molecule has 2 saturated heterocycles. The van der Waals surface area contributed by atoms with Gasteiger partial charge < -0.3 is 14.4 Å². The number of halogens is 1. The number of carbonyl (C=O) groups excluding carboxylic acids is 3. The minimum atomic E-state index is -0.611. The number of nitrogens with zero attached hydrogens (tertiary/aromatic N) is 2. The maximum Gasteiger partial charge on any atom is 0.417 e. The fourth-order valence-electron chi connectivity index (χ4n) is 2.81. The summed E-state index contributed by atoms with van der Waals surface area (Å²) in [7, 11) is 1.60. The molecule has 1 aromatic rings. The first kappa shape index (κ1) is 16.8. The first-order chi connectivity index (χ1) is 11.5. The van der Waals surface area contributed by atoms with Gasteiger partial charge in [-0.15, -0.1) is 0 Å². The van der Waals surface area contributed by atoms with Crippen LogP contribution in [0.1, 0.15) is 12.0 Å². The molecule has 0 N–H and O–H groups in total. The number of carbonyl (C=O) groups is 3. The molecule has 0 aromatic heterocycles. The van der Waals surface area contributed by atoms with E-state index in [-0.39, 0.29) is 24.5 Å². The molecular formula is C16H17BrN2O5. The lowest BCUT2D eigenvalue weighted by Crippen LogP contribution is -2.62. The van der Waals surface area contributed by atoms with Crippen LogP contribution in [-0.2, 0) is 20.7 Å². The normalized spacial score (nSPS) is 17.8. The Balaban J connectivity index is 1.48. The summed E-state index contributed by atoms with van der Waals surface area (Å²) in [5.74, 6) is 0.427. The minimum absolute atomic E-state index is 0.0122. The van der Waals surface area contributed by atoms with Crippen LogP contribution >= 0.6 is 15.9 Å². The van der Waals surface area contributed by atoms with Gasteiger partial charge in [-0.3, -0.25) is 9.59 Å². The van der Waals surface area contributed by atoms with Crippen LogP contribution in [0.4, 0.5) is 4.79 Å². The van der Waals surface area contributed by atoms with E-state index in [1.807, 2.05) is 18.2 Å². The highest BCUT2D eigenvalue weighted by Gasteiger charge is 2.44. The minimum Gasteiger partial charge on any atom is -0.496 e. The van der Waals surface area contributed by atoms with Crippen molar-refractivity contribution in [2.24, 2.45) is 0 Å². The number of likely N-dealkylation sites (tertiary alicyclic amines) is 1. The van der Waals surface area contributed by atoms with E-state index in [2.05, 4.69) is 20.7 Å². The highest BCUT2D eigenvalue weighted by atomic mass is 79.9. The summed E-state index contributed by atoms with van der Waals surface area (Å²) in [5, 5.41) is 0. The lowest BCUT2D eigenvalue weighted by molar-refractivity contribution is -0.142. The summed E-state index contributed by atoms with van der Waals surface area (Å²) >= 11 is 3.42. The average molecular weight is 397 g/mol. The van der Waals surface area contributed by atoms with Gasteiger partial charge in [0.25, 0.3) is 5.91 Å². The highest BCUT2D eigenvalue weighted by molar-refractivity contribution is 9.10. The van der Waals surface area contributed by atoms with Crippen molar-refractivity contribution in [3.8, 4) is 5.75 Å². The molecule has 8 heteroatoms. The van der Waals surface area contributed by atoms with Crippen molar-refractivity contribution < 1.29 is 23.9 Å². The summed E-state index contributed by atoms with van der Waals surface area (Å²) in [5.41, 5.74) is 1.03. The van der Waals surface area contributed by atoms with E-state index >= 15 is 0 Å². The van der Waals surface area contributed by atoms with E-state index in [0.717, 1.165) is 20.7 Å². The molecule has 1 aromatic carbocycles. The van der Waals surface area contributed by atoms with Crippen LogP contribution in [-0.4, -0.2) is 60.6 Å². The van der Waals surface area contributed by atoms with Gasteiger partial charge in [-0.2, -0.15) is 0 Å². The van der Waals surface area contributed by atoms with E-state index in [0.29, 0.717) is 25.9 Å². The van der Waals surface area contributed by atoms with E-state index < -0.39 is 6.09 Å². The van der Waals surface area contributed by atoms with Crippen molar-refractivity contribution in [2.45, 2.75) is 18.9 Å². The Bertz CT molecular complexity index is 671. The zero-order valence-corrected chi connectivity index (χ0v) is 14.7. The first-order valence-electron chi connectivity index (χ1n) is 7.58. The van der Waals surface area contributed by atoms with Gasteiger partial charge in [0.05, 0.1) is 17.6 Å². The Labute approximate surface area is 147 Å². The predicted molar refractivity (Wildman–Crippen MR) is 87.6 cm³/mol.